The van der Waals surface area contributed by atoms with E-state index < -0.39 is 0 Å². The third-order valence-corrected chi connectivity index (χ3v) is 2.56. The molecule has 4 heteroatoms. The fraction of sp³-hybridized carbons (Fsp3) is 0.462. The first-order valence-corrected chi connectivity index (χ1v) is 5.98. The highest BCUT2D eigenvalue weighted by atomic mass is 16.1. The minimum Gasteiger partial charge on any atom is -0.375 e. The molecule has 1 aromatic carbocycles. The number of hydrogen-bond donors (Lipinski definition) is 2. The molecule has 0 aliphatic heterocycles. The summed E-state index contributed by atoms with van der Waals surface area (Å²) in [6.07, 6.45) is 1.11. The van der Waals surface area contributed by atoms with Crippen molar-refractivity contribution < 1.29 is 4.79 Å². The van der Waals surface area contributed by atoms with Crippen molar-refractivity contribution in [2.45, 2.75) is 13.3 Å². The Balaban J connectivity index is 2.64. The zero-order valence-corrected chi connectivity index (χ0v) is 10.6. The third kappa shape index (κ3) is 4.07. The maximum absolute atomic E-state index is 11.6. The number of nitrogens with zero attached hydrogens (tertiary/aromatic N) is 1. The van der Waals surface area contributed by atoms with Gasteiger partial charge < -0.3 is 16.0 Å². The highest BCUT2D eigenvalue weighted by molar-refractivity contribution is 5.94. The fourth-order valence-corrected chi connectivity index (χ4v) is 1.62. The Hall–Kier alpha value is -1.55. The van der Waals surface area contributed by atoms with Crippen molar-refractivity contribution in [3.05, 3.63) is 29.8 Å². The minimum absolute atomic E-state index is 0.0693. The molecule has 17 heavy (non-hydrogen) atoms. The predicted molar refractivity (Wildman–Crippen MR) is 71.4 cm³/mol. The van der Waals surface area contributed by atoms with E-state index in [0.717, 1.165) is 18.7 Å². The summed E-state index contributed by atoms with van der Waals surface area (Å²) < 4.78 is 0. The number of hydrogen-bond acceptors (Lipinski definition) is 3. The van der Waals surface area contributed by atoms with Crippen LogP contribution in [0.15, 0.2) is 24.3 Å². The Morgan fingerprint density at radius 2 is 2.00 bits per heavy atom. The van der Waals surface area contributed by atoms with Crippen LogP contribution in [0.1, 0.15) is 23.7 Å². The van der Waals surface area contributed by atoms with E-state index in [2.05, 4.69) is 17.1 Å². The van der Waals surface area contributed by atoms with Gasteiger partial charge in [-0.2, -0.15) is 0 Å². The van der Waals surface area contributed by atoms with Crippen molar-refractivity contribution in [1.82, 2.24) is 5.32 Å². The maximum Gasteiger partial charge on any atom is 0.251 e. The first-order chi connectivity index (χ1) is 8.19. The molecule has 0 aliphatic carbocycles. The van der Waals surface area contributed by atoms with Crippen LogP contribution in [0.4, 0.5) is 5.69 Å². The fourth-order valence-electron chi connectivity index (χ4n) is 1.62. The van der Waals surface area contributed by atoms with Crippen LogP contribution in [0.3, 0.4) is 0 Å². The zero-order valence-electron chi connectivity index (χ0n) is 10.6. The summed E-state index contributed by atoms with van der Waals surface area (Å²) in [6.45, 7) is 4.13. The Bertz CT molecular complexity index is 348. The molecular formula is C13H21N3O. The molecule has 0 bridgehead atoms. The van der Waals surface area contributed by atoms with E-state index in [-0.39, 0.29) is 5.91 Å². The molecule has 1 rings (SSSR count). The minimum atomic E-state index is -0.0693. The zero-order chi connectivity index (χ0) is 12.7. The van der Waals surface area contributed by atoms with Crippen LogP contribution in [0.5, 0.6) is 0 Å². The molecule has 0 saturated heterocycles. The third-order valence-electron chi connectivity index (χ3n) is 2.56. The van der Waals surface area contributed by atoms with Crippen LogP contribution in [-0.2, 0) is 0 Å². The summed E-state index contributed by atoms with van der Waals surface area (Å²) in [5.41, 5.74) is 7.13. The SMILES string of the molecule is CCCN(C)c1ccc(C(=O)NCCN)cc1. The van der Waals surface area contributed by atoms with Gasteiger partial charge in [-0.1, -0.05) is 6.92 Å². The molecule has 0 aliphatic rings. The smallest absolute Gasteiger partial charge is 0.251 e. The lowest BCUT2D eigenvalue weighted by Gasteiger charge is -2.18. The van der Waals surface area contributed by atoms with Gasteiger partial charge in [0.2, 0.25) is 0 Å². The van der Waals surface area contributed by atoms with Gasteiger partial charge in [0.25, 0.3) is 5.91 Å². The number of nitrogens with two attached hydrogens (primary N) is 1. The van der Waals surface area contributed by atoms with Crippen molar-refractivity contribution in [1.29, 1.82) is 0 Å². The van der Waals surface area contributed by atoms with Crippen LogP contribution in [0.2, 0.25) is 0 Å². The second-order valence-electron chi connectivity index (χ2n) is 4.01. The predicted octanol–water partition coefficient (Wildman–Crippen LogP) is 1.22. The largest absolute Gasteiger partial charge is 0.375 e. The molecule has 1 aromatic rings. The molecule has 0 spiro atoms. The Morgan fingerprint density at radius 1 is 1.35 bits per heavy atom. The molecule has 0 heterocycles. The van der Waals surface area contributed by atoms with Crippen molar-refractivity contribution in [3.8, 4) is 0 Å². The van der Waals surface area contributed by atoms with Crippen LogP contribution < -0.4 is 16.0 Å². The summed E-state index contributed by atoms with van der Waals surface area (Å²) in [4.78, 5) is 13.8. The quantitative estimate of drug-likeness (QED) is 0.779. The monoisotopic (exact) mass is 235 g/mol. The second kappa shape index (κ2) is 6.91. The number of anilines is 1. The van der Waals surface area contributed by atoms with Crippen molar-refractivity contribution in [3.63, 3.8) is 0 Å². The topological polar surface area (TPSA) is 58.4 Å². The molecule has 0 saturated carbocycles. The van der Waals surface area contributed by atoms with Gasteiger partial charge in [-0.3, -0.25) is 4.79 Å². The summed E-state index contributed by atoms with van der Waals surface area (Å²) in [5.74, 6) is -0.0693. The van der Waals surface area contributed by atoms with Gasteiger partial charge in [0.15, 0.2) is 0 Å². The van der Waals surface area contributed by atoms with Crippen LogP contribution >= 0.6 is 0 Å². The molecule has 94 valence electrons. The summed E-state index contributed by atoms with van der Waals surface area (Å²) >= 11 is 0. The number of benzene rings is 1. The lowest BCUT2D eigenvalue weighted by Crippen LogP contribution is -2.29. The van der Waals surface area contributed by atoms with Gasteiger partial charge in [-0.05, 0) is 30.7 Å². The molecular weight excluding hydrogens is 214 g/mol. The van der Waals surface area contributed by atoms with Crippen molar-refractivity contribution >= 4 is 11.6 Å². The molecule has 0 aromatic heterocycles. The Labute approximate surface area is 103 Å². The van der Waals surface area contributed by atoms with Gasteiger partial charge in [0.05, 0.1) is 0 Å². The molecule has 0 radical (unpaired) electrons. The van der Waals surface area contributed by atoms with E-state index in [4.69, 9.17) is 5.73 Å². The van der Waals surface area contributed by atoms with Gasteiger partial charge >= 0.3 is 0 Å². The van der Waals surface area contributed by atoms with E-state index in [0.29, 0.717) is 18.7 Å². The molecule has 3 N–H and O–H groups in total. The number of carbonyl (C=O) groups is 1. The summed E-state index contributed by atoms with van der Waals surface area (Å²) in [6, 6.07) is 7.61. The van der Waals surface area contributed by atoms with E-state index in [1.807, 2.05) is 31.3 Å². The number of nitrogens with one attached hydrogen (secondary N) is 1. The van der Waals surface area contributed by atoms with Gasteiger partial charge in [-0.25, -0.2) is 0 Å². The molecule has 1 amide bonds. The highest BCUT2D eigenvalue weighted by Crippen LogP contribution is 2.13. The van der Waals surface area contributed by atoms with Gasteiger partial charge in [0.1, 0.15) is 0 Å². The number of carbonyl (C=O) groups excluding carboxylic acids is 1. The summed E-state index contributed by atoms with van der Waals surface area (Å²) in [7, 11) is 2.05. The number of amides is 1. The van der Waals surface area contributed by atoms with Crippen LogP contribution in [-0.4, -0.2) is 32.6 Å². The second-order valence-corrected chi connectivity index (χ2v) is 4.01. The molecule has 0 fully saturated rings. The Kier molecular flexibility index (Phi) is 5.49. The standard InChI is InChI=1S/C13H21N3O/c1-3-10-16(2)12-6-4-11(5-7-12)13(17)15-9-8-14/h4-7H,3,8-10,14H2,1-2H3,(H,15,17). The average molecular weight is 235 g/mol. The number of rotatable bonds is 6. The first kappa shape index (κ1) is 13.5. The van der Waals surface area contributed by atoms with E-state index in [1.54, 1.807) is 0 Å². The van der Waals surface area contributed by atoms with E-state index in [1.165, 1.54) is 0 Å². The van der Waals surface area contributed by atoms with E-state index >= 15 is 0 Å². The average Bonchev–Trinajstić information content (AvgIpc) is 2.36. The normalized spacial score (nSPS) is 10.1. The van der Waals surface area contributed by atoms with Crippen molar-refractivity contribution in [2.75, 3.05) is 31.6 Å². The van der Waals surface area contributed by atoms with Crippen molar-refractivity contribution in [2.24, 2.45) is 5.73 Å². The Morgan fingerprint density at radius 3 is 2.53 bits per heavy atom. The highest BCUT2D eigenvalue weighted by Gasteiger charge is 2.05. The lowest BCUT2D eigenvalue weighted by atomic mass is 10.2. The maximum atomic E-state index is 11.6. The summed E-state index contributed by atoms with van der Waals surface area (Å²) in [5, 5.41) is 2.74. The van der Waals surface area contributed by atoms with E-state index in [9.17, 15) is 4.79 Å². The lowest BCUT2D eigenvalue weighted by molar-refractivity contribution is 0.0955. The molecule has 0 unspecified atom stereocenters. The van der Waals surface area contributed by atoms with Crippen LogP contribution in [0.25, 0.3) is 0 Å². The first-order valence-electron chi connectivity index (χ1n) is 5.98. The molecule has 4 nitrogen and oxygen atoms in total. The van der Waals surface area contributed by atoms with Gasteiger partial charge in [0, 0.05) is 37.9 Å². The van der Waals surface area contributed by atoms with Crippen LogP contribution in [0, 0.1) is 0 Å². The molecule has 0 atom stereocenters. The van der Waals surface area contributed by atoms with Gasteiger partial charge in [-0.15, -0.1) is 0 Å².